The largest absolute Gasteiger partial charge is 0.465 e. The lowest BCUT2D eigenvalue weighted by Crippen LogP contribution is -2.38. The summed E-state index contributed by atoms with van der Waals surface area (Å²) in [5.41, 5.74) is -1.56. The van der Waals surface area contributed by atoms with Crippen molar-refractivity contribution in [2.75, 3.05) is 6.61 Å². The Morgan fingerprint density at radius 1 is 1.05 bits per heavy atom. The molecule has 0 heterocycles. The Balaban J connectivity index is 2.67. The summed E-state index contributed by atoms with van der Waals surface area (Å²) in [6, 6.07) is 2.39. The van der Waals surface area contributed by atoms with Crippen molar-refractivity contribution in [3.63, 3.8) is 0 Å². The number of carbonyl (C=O) groups excluding carboxylic acids is 2. The van der Waals surface area contributed by atoms with Crippen molar-refractivity contribution in [3.8, 4) is 5.75 Å². The molecular formula is C16H20F2O4. The molecule has 4 nitrogen and oxygen atoms in total. The Kier molecular flexibility index (Phi) is 6.46. The van der Waals surface area contributed by atoms with E-state index in [4.69, 9.17) is 9.47 Å². The van der Waals surface area contributed by atoms with Crippen molar-refractivity contribution in [2.45, 2.75) is 40.0 Å². The van der Waals surface area contributed by atoms with E-state index in [1.165, 1.54) is 13.8 Å². The van der Waals surface area contributed by atoms with Gasteiger partial charge in [-0.05, 0) is 20.3 Å². The van der Waals surface area contributed by atoms with Crippen LogP contribution < -0.4 is 4.74 Å². The van der Waals surface area contributed by atoms with Gasteiger partial charge in [0.1, 0.15) is 17.4 Å². The number of hydrogen-bond acceptors (Lipinski definition) is 4. The van der Waals surface area contributed by atoms with E-state index in [1.807, 2.05) is 6.92 Å². The van der Waals surface area contributed by atoms with E-state index < -0.39 is 29.0 Å². The smallest absolute Gasteiger partial charge is 0.328 e. The van der Waals surface area contributed by atoms with Gasteiger partial charge in [0.2, 0.25) is 0 Å². The molecular weight excluding hydrogens is 294 g/mol. The number of ether oxygens (including phenoxy) is 2. The molecule has 0 saturated heterocycles. The van der Waals surface area contributed by atoms with E-state index in [9.17, 15) is 18.4 Å². The quantitative estimate of drug-likeness (QED) is 0.334. The molecule has 0 aromatic heterocycles. The molecule has 1 aromatic carbocycles. The third-order valence-corrected chi connectivity index (χ3v) is 3.05. The predicted octanol–water partition coefficient (Wildman–Crippen LogP) is 3.63. The van der Waals surface area contributed by atoms with Crippen LogP contribution in [0.4, 0.5) is 8.78 Å². The third-order valence-electron chi connectivity index (χ3n) is 3.05. The van der Waals surface area contributed by atoms with Gasteiger partial charge in [0, 0.05) is 18.2 Å². The Labute approximate surface area is 128 Å². The molecule has 1 rings (SSSR count). The van der Waals surface area contributed by atoms with Gasteiger partial charge in [0.25, 0.3) is 0 Å². The van der Waals surface area contributed by atoms with Crippen LogP contribution in [-0.4, -0.2) is 18.5 Å². The van der Waals surface area contributed by atoms with E-state index in [1.54, 1.807) is 0 Å². The fourth-order valence-corrected chi connectivity index (χ4v) is 1.60. The summed E-state index contributed by atoms with van der Waals surface area (Å²) in [7, 11) is 0. The molecule has 0 unspecified atom stereocenters. The summed E-state index contributed by atoms with van der Waals surface area (Å²) in [6.07, 6.45) is 2.61. The van der Waals surface area contributed by atoms with Crippen molar-refractivity contribution in [1.82, 2.24) is 0 Å². The van der Waals surface area contributed by atoms with Crippen molar-refractivity contribution in [1.29, 1.82) is 0 Å². The van der Waals surface area contributed by atoms with Crippen LogP contribution in [0.5, 0.6) is 5.75 Å². The second-order valence-corrected chi connectivity index (χ2v) is 5.46. The highest BCUT2D eigenvalue weighted by atomic mass is 19.1. The van der Waals surface area contributed by atoms with Crippen molar-refractivity contribution in [2.24, 2.45) is 5.41 Å². The first-order valence-electron chi connectivity index (χ1n) is 7.13. The minimum atomic E-state index is -1.56. The summed E-state index contributed by atoms with van der Waals surface area (Å²) in [5, 5.41) is 0. The highest BCUT2D eigenvalue weighted by Crippen LogP contribution is 2.23. The summed E-state index contributed by atoms with van der Waals surface area (Å²) in [6.45, 7) is 4.92. The van der Waals surface area contributed by atoms with Gasteiger partial charge in [-0.1, -0.05) is 19.8 Å². The van der Waals surface area contributed by atoms with Crippen LogP contribution in [0.15, 0.2) is 18.2 Å². The summed E-state index contributed by atoms with van der Waals surface area (Å²) >= 11 is 0. The molecule has 1 aromatic rings. The zero-order valence-corrected chi connectivity index (χ0v) is 12.9. The maximum atomic E-state index is 13.0. The minimum absolute atomic E-state index is 0.220. The first kappa shape index (κ1) is 18.1. The van der Waals surface area contributed by atoms with Gasteiger partial charge in [-0.3, -0.25) is 9.59 Å². The van der Waals surface area contributed by atoms with Gasteiger partial charge in [0.05, 0.1) is 6.61 Å². The van der Waals surface area contributed by atoms with Crippen molar-refractivity contribution in [3.05, 3.63) is 29.8 Å². The number of benzene rings is 1. The van der Waals surface area contributed by atoms with Crippen LogP contribution >= 0.6 is 0 Å². The van der Waals surface area contributed by atoms with Crippen LogP contribution in [0.3, 0.4) is 0 Å². The van der Waals surface area contributed by atoms with Crippen molar-refractivity contribution >= 4 is 11.9 Å². The van der Waals surface area contributed by atoms with E-state index in [2.05, 4.69) is 0 Å². The molecule has 0 fully saturated rings. The lowest BCUT2D eigenvalue weighted by molar-refractivity contribution is -0.164. The molecule has 6 heteroatoms. The zero-order valence-electron chi connectivity index (χ0n) is 12.9. The minimum Gasteiger partial charge on any atom is -0.465 e. The van der Waals surface area contributed by atoms with Crippen LogP contribution in [0.1, 0.15) is 40.0 Å². The molecule has 0 N–H and O–H groups in total. The van der Waals surface area contributed by atoms with Crippen LogP contribution in [-0.2, 0) is 14.3 Å². The average molecular weight is 314 g/mol. The number of esters is 2. The highest BCUT2D eigenvalue weighted by molar-refractivity contribution is 5.99. The second kappa shape index (κ2) is 7.87. The van der Waals surface area contributed by atoms with Gasteiger partial charge < -0.3 is 9.47 Å². The molecule has 0 aliphatic rings. The summed E-state index contributed by atoms with van der Waals surface area (Å²) < 4.78 is 36.0. The average Bonchev–Trinajstić information content (AvgIpc) is 2.42. The lowest BCUT2D eigenvalue weighted by Gasteiger charge is -2.20. The van der Waals surface area contributed by atoms with Gasteiger partial charge in [-0.15, -0.1) is 0 Å². The normalized spacial score (nSPS) is 11.1. The van der Waals surface area contributed by atoms with Gasteiger partial charge in [0.15, 0.2) is 5.41 Å². The molecule has 0 saturated carbocycles. The maximum absolute atomic E-state index is 13.0. The second-order valence-electron chi connectivity index (χ2n) is 5.46. The first-order valence-corrected chi connectivity index (χ1v) is 7.13. The molecule has 0 aliphatic heterocycles. The molecule has 122 valence electrons. The van der Waals surface area contributed by atoms with Gasteiger partial charge >= 0.3 is 11.9 Å². The molecule has 0 spiro atoms. The summed E-state index contributed by atoms with van der Waals surface area (Å²) in [4.78, 5) is 23.9. The zero-order chi connectivity index (χ0) is 16.8. The Morgan fingerprint density at radius 2 is 1.64 bits per heavy atom. The Morgan fingerprint density at radius 3 is 2.18 bits per heavy atom. The maximum Gasteiger partial charge on any atom is 0.328 e. The van der Waals surface area contributed by atoms with E-state index in [0.717, 1.165) is 25.0 Å². The number of hydrogen-bond donors (Lipinski definition) is 0. The van der Waals surface area contributed by atoms with E-state index >= 15 is 0 Å². The third kappa shape index (κ3) is 5.09. The highest BCUT2D eigenvalue weighted by Gasteiger charge is 2.40. The first-order chi connectivity index (χ1) is 10.3. The summed E-state index contributed by atoms with van der Waals surface area (Å²) in [5.74, 6) is -3.71. The number of rotatable bonds is 7. The van der Waals surface area contributed by atoms with Gasteiger partial charge in [-0.2, -0.15) is 0 Å². The number of carbonyl (C=O) groups is 2. The monoisotopic (exact) mass is 314 g/mol. The van der Waals surface area contributed by atoms with E-state index in [-0.39, 0.29) is 12.4 Å². The molecule has 0 atom stereocenters. The topological polar surface area (TPSA) is 52.6 Å². The standard InChI is InChI=1S/C16H20F2O4/c1-4-5-6-7-21-14(19)16(2,3)15(20)22-13-9-11(17)8-12(18)10-13/h8-10H,4-7H2,1-3H3. The number of halogens is 2. The molecule has 0 aliphatic carbocycles. The molecule has 22 heavy (non-hydrogen) atoms. The SMILES string of the molecule is CCCCCOC(=O)C(C)(C)C(=O)Oc1cc(F)cc(F)c1. The number of unbranched alkanes of at least 4 members (excludes halogenated alkanes) is 2. The van der Waals surface area contributed by atoms with Crippen LogP contribution in [0.2, 0.25) is 0 Å². The predicted molar refractivity (Wildman–Crippen MR) is 76.3 cm³/mol. The molecule has 0 radical (unpaired) electrons. The van der Waals surface area contributed by atoms with E-state index in [0.29, 0.717) is 12.5 Å². The van der Waals surface area contributed by atoms with Crippen LogP contribution in [0, 0.1) is 17.0 Å². The lowest BCUT2D eigenvalue weighted by atomic mass is 9.94. The fourth-order valence-electron chi connectivity index (χ4n) is 1.60. The van der Waals surface area contributed by atoms with Crippen molar-refractivity contribution < 1.29 is 27.8 Å². The molecule has 0 amide bonds. The Hall–Kier alpha value is -1.98. The van der Waals surface area contributed by atoms with Gasteiger partial charge in [-0.25, -0.2) is 8.78 Å². The fraction of sp³-hybridized carbons (Fsp3) is 0.500. The Bertz CT molecular complexity index is 521. The molecule has 0 bridgehead atoms. The van der Waals surface area contributed by atoms with Crippen LogP contribution in [0.25, 0.3) is 0 Å².